The van der Waals surface area contributed by atoms with E-state index in [4.69, 9.17) is 4.42 Å². The van der Waals surface area contributed by atoms with E-state index in [0.29, 0.717) is 13.0 Å². The van der Waals surface area contributed by atoms with Gasteiger partial charge in [-0.15, -0.1) is 0 Å². The van der Waals surface area contributed by atoms with Gasteiger partial charge in [0, 0.05) is 20.0 Å². The first-order valence-corrected chi connectivity index (χ1v) is 4.48. The fourth-order valence-corrected chi connectivity index (χ4v) is 1.14. The molecule has 1 aromatic heterocycles. The van der Waals surface area contributed by atoms with Gasteiger partial charge in [-0.3, -0.25) is 0 Å². The summed E-state index contributed by atoms with van der Waals surface area (Å²) in [6, 6.07) is 3.83. The molecule has 4 heteroatoms. The number of hydrogen-bond acceptors (Lipinski definition) is 3. The lowest BCUT2D eigenvalue weighted by molar-refractivity contribution is 0.133. The average molecular weight is 197 g/mol. The molecule has 0 aliphatic rings. The third-order valence-corrected chi connectivity index (χ3v) is 1.98. The molecule has 1 amide bonds. The van der Waals surface area contributed by atoms with Gasteiger partial charge in [0.05, 0.1) is 7.11 Å². The number of ether oxygens (including phenoxy) is 1. The molecule has 14 heavy (non-hydrogen) atoms. The van der Waals surface area contributed by atoms with E-state index in [2.05, 4.69) is 4.74 Å². The molecule has 0 radical (unpaired) electrons. The molecular weight excluding hydrogens is 182 g/mol. The fraction of sp³-hybridized carbons (Fsp3) is 0.500. The zero-order valence-electron chi connectivity index (χ0n) is 8.74. The van der Waals surface area contributed by atoms with Crippen LogP contribution >= 0.6 is 0 Å². The van der Waals surface area contributed by atoms with Gasteiger partial charge in [-0.2, -0.15) is 0 Å². The van der Waals surface area contributed by atoms with Gasteiger partial charge in [-0.1, -0.05) is 0 Å². The van der Waals surface area contributed by atoms with Crippen molar-refractivity contribution in [3.05, 3.63) is 23.7 Å². The third-order valence-electron chi connectivity index (χ3n) is 1.98. The molecule has 1 rings (SSSR count). The number of nitrogens with zero attached hydrogens (tertiary/aromatic N) is 1. The summed E-state index contributed by atoms with van der Waals surface area (Å²) in [5.41, 5.74) is 0. The summed E-state index contributed by atoms with van der Waals surface area (Å²) in [6.07, 6.45) is 0.382. The molecule has 78 valence electrons. The number of rotatable bonds is 3. The third kappa shape index (κ3) is 2.80. The monoisotopic (exact) mass is 197 g/mol. The number of carbonyl (C=O) groups excluding carboxylic acids is 1. The second-order valence-electron chi connectivity index (χ2n) is 3.15. The maximum absolute atomic E-state index is 11.0. The van der Waals surface area contributed by atoms with Crippen LogP contribution in [0.1, 0.15) is 11.5 Å². The summed E-state index contributed by atoms with van der Waals surface area (Å²) in [6.45, 7) is 2.49. The minimum atomic E-state index is -0.326. The number of likely N-dealkylation sites (N-methyl/N-ethyl adjacent to an activating group) is 1. The molecule has 0 aliphatic carbocycles. The molecule has 0 aromatic carbocycles. The van der Waals surface area contributed by atoms with Crippen LogP contribution in [0.4, 0.5) is 4.79 Å². The van der Waals surface area contributed by atoms with E-state index < -0.39 is 0 Å². The Labute approximate surface area is 83.5 Å². The minimum Gasteiger partial charge on any atom is -0.466 e. The molecule has 0 atom stereocenters. The molecule has 0 saturated heterocycles. The van der Waals surface area contributed by atoms with Gasteiger partial charge < -0.3 is 14.1 Å². The van der Waals surface area contributed by atoms with Crippen molar-refractivity contribution in [2.24, 2.45) is 0 Å². The van der Waals surface area contributed by atoms with Gasteiger partial charge in [0.25, 0.3) is 0 Å². The maximum atomic E-state index is 11.0. The van der Waals surface area contributed by atoms with E-state index in [9.17, 15) is 4.79 Å². The van der Waals surface area contributed by atoms with E-state index >= 15 is 0 Å². The van der Waals surface area contributed by atoms with Crippen LogP contribution in [0.2, 0.25) is 0 Å². The second kappa shape index (κ2) is 4.69. The Morgan fingerprint density at radius 3 is 2.79 bits per heavy atom. The van der Waals surface area contributed by atoms with Crippen LogP contribution in [0.3, 0.4) is 0 Å². The predicted octanol–water partition coefficient (Wildman–Crippen LogP) is 1.83. The lowest BCUT2D eigenvalue weighted by Gasteiger charge is -2.13. The normalized spacial score (nSPS) is 9.93. The van der Waals surface area contributed by atoms with E-state index in [1.807, 2.05) is 19.1 Å². The quantitative estimate of drug-likeness (QED) is 0.742. The smallest absolute Gasteiger partial charge is 0.409 e. The van der Waals surface area contributed by atoms with Gasteiger partial charge in [-0.05, 0) is 19.1 Å². The Kier molecular flexibility index (Phi) is 3.56. The largest absolute Gasteiger partial charge is 0.466 e. The summed E-state index contributed by atoms with van der Waals surface area (Å²) in [5, 5.41) is 0. The molecule has 0 spiro atoms. The summed E-state index contributed by atoms with van der Waals surface area (Å²) < 4.78 is 9.93. The highest BCUT2D eigenvalue weighted by molar-refractivity contribution is 5.66. The summed E-state index contributed by atoms with van der Waals surface area (Å²) in [5.74, 6) is 1.78. The topological polar surface area (TPSA) is 42.7 Å². The maximum Gasteiger partial charge on any atom is 0.409 e. The van der Waals surface area contributed by atoms with Crippen LogP contribution in [0.15, 0.2) is 16.5 Å². The standard InChI is InChI=1S/C10H15NO3/c1-8-4-5-9(14-8)6-7-11(2)10(12)13-3/h4-5H,6-7H2,1-3H3. The van der Waals surface area contributed by atoms with Crippen molar-refractivity contribution in [3.63, 3.8) is 0 Å². The average Bonchev–Trinajstić information content (AvgIpc) is 2.59. The zero-order chi connectivity index (χ0) is 10.6. The number of aryl methyl sites for hydroxylation is 1. The van der Waals surface area contributed by atoms with Crippen LogP contribution < -0.4 is 0 Å². The number of furan rings is 1. The second-order valence-corrected chi connectivity index (χ2v) is 3.15. The van der Waals surface area contributed by atoms with Gasteiger partial charge in [0.2, 0.25) is 0 Å². The van der Waals surface area contributed by atoms with Crippen molar-refractivity contribution >= 4 is 6.09 Å². The van der Waals surface area contributed by atoms with E-state index in [1.54, 1.807) is 7.05 Å². The SMILES string of the molecule is COC(=O)N(C)CCc1ccc(C)o1. The number of carbonyl (C=O) groups is 1. The molecule has 1 aromatic rings. The molecule has 0 bridgehead atoms. The van der Waals surface area contributed by atoms with Gasteiger partial charge >= 0.3 is 6.09 Å². The van der Waals surface area contributed by atoms with Gasteiger partial charge in [-0.25, -0.2) is 4.79 Å². The van der Waals surface area contributed by atoms with Crippen LogP contribution in [0, 0.1) is 6.92 Å². The first-order valence-electron chi connectivity index (χ1n) is 4.48. The highest BCUT2D eigenvalue weighted by Crippen LogP contribution is 2.07. The zero-order valence-corrected chi connectivity index (χ0v) is 8.74. The molecule has 0 unspecified atom stereocenters. The van der Waals surface area contributed by atoms with Crippen molar-refractivity contribution < 1.29 is 13.9 Å². The fourth-order valence-electron chi connectivity index (χ4n) is 1.14. The van der Waals surface area contributed by atoms with Crippen molar-refractivity contribution in [2.45, 2.75) is 13.3 Å². The van der Waals surface area contributed by atoms with Crippen molar-refractivity contribution in [1.29, 1.82) is 0 Å². The molecular formula is C10H15NO3. The predicted molar refractivity (Wildman–Crippen MR) is 52.2 cm³/mol. The number of methoxy groups -OCH3 is 1. The van der Waals surface area contributed by atoms with Crippen molar-refractivity contribution in [3.8, 4) is 0 Å². The summed E-state index contributed by atoms with van der Waals surface area (Å²) in [7, 11) is 3.07. The highest BCUT2D eigenvalue weighted by Gasteiger charge is 2.08. The van der Waals surface area contributed by atoms with E-state index in [-0.39, 0.29) is 6.09 Å². The van der Waals surface area contributed by atoms with Crippen molar-refractivity contribution in [1.82, 2.24) is 4.90 Å². The molecule has 0 aliphatic heterocycles. The van der Waals surface area contributed by atoms with Crippen molar-refractivity contribution in [2.75, 3.05) is 20.7 Å². The van der Waals surface area contributed by atoms with E-state index in [1.165, 1.54) is 12.0 Å². The van der Waals surface area contributed by atoms with Gasteiger partial charge in [0.15, 0.2) is 0 Å². The number of amides is 1. The van der Waals surface area contributed by atoms with Crippen LogP contribution in [-0.4, -0.2) is 31.7 Å². The Hall–Kier alpha value is -1.45. The first kappa shape index (κ1) is 10.6. The van der Waals surface area contributed by atoms with Crippen LogP contribution in [0.5, 0.6) is 0 Å². The molecule has 4 nitrogen and oxygen atoms in total. The minimum absolute atomic E-state index is 0.326. The molecule has 0 saturated carbocycles. The molecule has 0 N–H and O–H groups in total. The van der Waals surface area contributed by atoms with Gasteiger partial charge in [0.1, 0.15) is 11.5 Å². The summed E-state index contributed by atoms with van der Waals surface area (Å²) in [4.78, 5) is 12.5. The summed E-state index contributed by atoms with van der Waals surface area (Å²) >= 11 is 0. The van der Waals surface area contributed by atoms with E-state index in [0.717, 1.165) is 11.5 Å². The Bertz CT molecular complexity index is 306. The molecule has 0 fully saturated rings. The van der Waals surface area contributed by atoms with Crippen LogP contribution in [0.25, 0.3) is 0 Å². The highest BCUT2D eigenvalue weighted by atomic mass is 16.5. The Morgan fingerprint density at radius 1 is 1.57 bits per heavy atom. The first-order chi connectivity index (χ1) is 6.63. The Morgan fingerprint density at radius 2 is 2.29 bits per heavy atom. The molecule has 1 heterocycles. The number of hydrogen-bond donors (Lipinski definition) is 0. The Balaban J connectivity index is 2.37. The lowest BCUT2D eigenvalue weighted by Crippen LogP contribution is -2.28. The van der Waals surface area contributed by atoms with Crippen LogP contribution in [-0.2, 0) is 11.2 Å². The lowest BCUT2D eigenvalue weighted by atomic mass is 10.3.